The van der Waals surface area contributed by atoms with Crippen molar-refractivity contribution >= 4 is 46.4 Å². The van der Waals surface area contributed by atoms with Gasteiger partial charge in [-0.3, -0.25) is 4.90 Å². The largest absolute Gasteiger partial charge is 0.390 e. The number of aliphatic hydroxyl groups is 1. The number of β-amino-alcohol motifs (C(OH)–C–C–N with tert-alkyl or cyclic N) is 1. The number of fused-ring (bicyclic) bond motifs is 1. The van der Waals surface area contributed by atoms with Crippen LogP contribution in [0.1, 0.15) is 23.7 Å². The van der Waals surface area contributed by atoms with E-state index >= 15 is 0 Å². The van der Waals surface area contributed by atoms with E-state index in [-0.39, 0.29) is 24.0 Å². The Morgan fingerprint density at radius 2 is 2.07 bits per heavy atom. The van der Waals surface area contributed by atoms with Crippen LogP contribution in [0, 0.1) is 0 Å². The van der Waals surface area contributed by atoms with Crippen LogP contribution in [0.5, 0.6) is 0 Å². The van der Waals surface area contributed by atoms with Crippen molar-refractivity contribution in [2.24, 2.45) is 4.99 Å². The maximum atomic E-state index is 10.5. The molecule has 0 radical (unpaired) electrons. The van der Waals surface area contributed by atoms with Gasteiger partial charge >= 0.3 is 0 Å². The van der Waals surface area contributed by atoms with Crippen molar-refractivity contribution in [2.75, 3.05) is 45.2 Å². The van der Waals surface area contributed by atoms with E-state index in [9.17, 15) is 5.11 Å². The van der Waals surface area contributed by atoms with Gasteiger partial charge in [-0.05, 0) is 24.5 Å². The molecule has 1 aromatic carbocycles. The van der Waals surface area contributed by atoms with E-state index in [2.05, 4.69) is 49.8 Å². The molecule has 30 heavy (non-hydrogen) atoms. The first-order valence-electron chi connectivity index (χ1n) is 10.2. The number of aliphatic hydroxyl groups excluding tert-OH is 1. The van der Waals surface area contributed by atoms with Gasteiger partial charge in [-0.2, -0.15) is 0 Å². The molecule has 2 heterocycles. The minimum Gasteiger partial charge on any atom is -0.390 e. The number of rotatable bonds is 8. The average molecular weight is 545 g/mol. The van der Waals surface area contributed by atoms with E-state index in [1.807, 2.05) is 31.3 Å². The zero-order valence-electron chi connectivity index (χ0n) is 18.0. The third-order valence-electron chi connectivity index (χ3n) is 4.85. The molecule has 0 fully saturated rings. The smallest absolute Gasteiger partial charge is 0.191 e. The number of benzene rings is 1. The van der Waals surface area contributed by atoms with Gasteiger partial charge in [0, 0.05) is 52.2 Å². The Hall–Kier alpha value is -1.43. The maximum Gasteiger partial charge on any atom is 0.191 e. The summed E-state index contributed by atoms with van der Waals surface area (Å²) >= 11 is 1.61. The quantitative estimate of drug-likeness (QED) is 0.269. The highest BCUT2D eigenvalue weighted by Gasteiger charge is 2.18. The summed E-state index contributed by atoms with van der Waals surface area (Å²) in [6.07, 6.45) is 0.590. The lowest BCUT2D eigenvalue weighted by atomic mass is 10.00. The van der Waals surface area contributed by atoms with Gasteiger partial charge in [0.1, 0.15) is 0 Å². The number of thiazole rings is 1. The van der Waals surface area contributed by atoms with E-state index in [1.165, 1.54) is 11.1 Å². The molecule has 1 aliphatic rings. The van der Waals surface area contributed by atoms with Gasteiger partial charge in [-0.1, -0.05) is 24.3 Å². The second kappa shape index (κ2) is 12.4. The molecule has 0 aliphatic carbocycles. The second-order valence-electron chi connectivity index (χ2n) is 7.50. The Morgan fingerprint density at radius 1 is 1.30 bits per heavy atom. The minimum absolute atomic E-state index is 0. The van der Waals surface area contributed by atoms with Crippen molar-refractivity contribution in [2.45, 2.75) is 32.5 Å². The summed E-state index contributed by atoms with van der Waals surface area (Å²) in [6, 6.07) is 8.57. The van der Waals surface area contributed by atoms with E-state index in [1.54, 1.807) is 11.3 Å². The zero-order chi connectivity index (χ0) is 20.6. The van der Waals surface area contributed by atoms with Crippen molar-refractivity contribution in [3.63, 3.8) is 0 Å². The number of anilines is 1. The van der Waals surface area contributed by atoms with Crippen LogP contribution in [0.3, 0.4) is 0 Å². The predicted octanol–water partition coefficient (Wildman–Crippen LogP) is 2.30. The number of nitrogens with one attached hydrogen (secondary N) is 2. The summed E-state index contributed by atoms with van der Waals surface area (Å²) in [7, 11) is 3.97. The molecule has 3 rings (SSSR count). The molecule has 1 atom stereocenters. The highest BCUT2D eigenvalue weighted by molar-refractivity contribution is 14.0. The highest BCUT2D eigenvalue weighted by atomic mass is 127. The van der Waals surface area contributed by atoms with E-state index in [0.717, 1.165) is 36.9 Å². The van der Waals surface area contributed by atoms with Crippen molar-refractivity contribution in [1.82, 2.24) is 20.5 Å². The molecule has 7 nitrogen and oxygen atoms in total. The van der Waals surface area contributed by atoms with Gasteiger partial charge in [0.15, 0.2) is 11.1 Å². The van der Waals surface area contributed by atoms with Crippen LogP contribution in [0.15, 0.2) is 34.6 Å². The fourth-order valence-corrected chi connectivity index (χ4v) is 4.11. The summed E-state index contributed by atoms with van der Waals surface area (Å²) in [5.74, 6) is 0.704. The first-order valence-corrected chi connectivity index (χ1v) is 11.0. The molecular weight excluding hydrogens is 511 g/mol. The van der Waals surface area contributed by atoms with Crippen molar-refractivity contribution in [3.8, 4) is 0 Å². The fourth-order valence-electron chi connectivity index (χ4n) is 3.36. The van der Waals surface area contributed by atoms with Crippen molar-refractivity contribution in [3.05, 3.63) is 46.5 Å². The first kappa shape index (κ1) is 24.8. The predicted molar refractivity (Wildman–Crippen MR) is 136 cm³/mol. The van der Waals surface area contributed by atoms with Gasteiger partial charge in [-0.25, -0.2) is 9.98 Å². The van der Waals surface area contributed by atoms with Crippen LogP contribution in [0.4, 0.5) is 5.13 Å². The molecule has 0 saturated heterocycles. The molecular formula is C21H33IN6OS. The molecule has 2 aromatic rings. The monoisotopic (exact) mass is 544 g/mol. The Balaban J connectivity index is 0.00000320. The Labute approximate surface area is 200 Å². The Morgan fingerprint density at radius 3 is 2.77 bits per heavy atom. The summed E-state index contributed by atoms with van der Waals surface area (Å²) in [6.45, 7) is 6.32. The summed E-state index contributed by atoms with van der Waals surface area (Å²) in [5.41, 5.74) is 3.75. The average Bonchev–Trinajstić information content (AvgIpc) is 3.19. The first-order chi connectivity index (χ1) is 14.0. The van der Waals surface area contributed by atoms with E-state index < -0.39 is 6.10 Å². The molecule has 1 unspecified atom stereocenters. The molecule has 0 saturated carbocycles. The van der Waals surface area contributed by atoms with Gasteiger partial charge in [-0.15, -0.1) is 35.3 Å². The molecule has 166 valence electrons. The Bertz CT molecular complexity index is 812. The maximum absolute atomic E-state index is 10.5. The lowest BCUT2D eigenvalue weighted by Gasteiger charge is -2.30. The summed E-state index contributed by atoms with van der Waals surface area (Å²) < 4.78 is 0. The molecule has 1 aromatic heterocycles. The number of aromatic nitrogens is 1. The SMILES string of the molecule is CCNC(=NCc1csc(N(C)C)n1)NCC(O)CN1CCc2ccccc2C1.I. The van der Waals surface area contributed by atoms with Crippen LogP contribution in [-0.2, 0) is 19.5 Å². The van der Waals surface area contributed by atoms with Gasteiger partial charge < -0.3 is 20.6 Å². The third-order valence-corrected chi connectivity index (χ3v) is 5.91. The Kier molecular flexibility index (Phi) is 10.3. The summed E-state index contributed by atoms with van der Waals surface area (Å²) in [4.78, 5) is 13.5. The van der Waals surface area contributed by atoms with Gasteiger partial charge in [0.05, 0.1) is 18.3 Å². The van der Waals surface area contributed by atoms with Crippen LogP contribution in [0.2, 0.25) is 0 Å². The number of guanidine groups is 1. The molecule has 9 heteroatoms. The number of aliphatic imine (C=N–C) groups is 1. The highest BCUT2D eigenvalue weighted by Crippen LogP contribution is 2.19. The standard InChI is InChI=1S/C21H32N6OS.HI/c1-4-22-20(23-11-18-15-29-21(25-18)26(2)3)24-12-19(28)14-27-10-9-16-7-5-6-8-17(16)13-27;/h5-8,15,19,28H,4,9-14H2,1-3H3,(H2,22,23,24);1H. The molecule has 0 bridgehead atoms. The van der Waals surface area contributed by atoms with Crippen LogP contribution in [-0.4, -0.2) is 67.3 Å². The van der Waals surface area contributed by atoms with Crippen LogP contribution >= 0.6 is 35.3 Å². The lowest BCUT2D eigenvalue weighted by molar-refractivity contribution is 0.108. The molecule has 0 amide bonds. The summed E-state index contributed by atoms with van der Waals surface area (Å²) in [5, 5.41) is 20.0. The molecule has 1 aliphatic heterocycles. The lowest BCUT2D eigenvalue weighted by Crippen LogP contribution is -2.45. The van der Waals surface area contributed by atoms with E-state index in [0.29, 0.717) is 25.6 Å². The number of halogens is 1. The van der Waals surface area contributed by atoms with Crippen LogP contribution in [0.25, 0.3) is 0 Å². The fraction of sp³-hybridized carbons (Fsp3) is 0.524. The van der Waals surface area contributed by atoms with Crippen LogP contribution < -0.4 is 15.5 Å². The number of nitrogens with zero attached hydrogens (tertiary/aromatic N) is 4. The van der Waals surface area contributed by atoms with Crippen molar-refractivity contribution in [1.29, 1.82) is 0 Å². The molecule has 0 spiro atoms. The number of hydrogen-bond donors (Lipinski definition) is 3. The van der Waals surface area contributed by atoms with Crippen molar-refractivity contribution < 1.29 is 5.11 Å². The van der Waals surface area contributed by atoms with Gasteiger partial charge in [0.25, 0.3) is 0 Å². The van der Waals surface area contributed by atoms with E-state index in [4.69, 9.17) is 0 Å². The molecule has 3 N–H and O–H groups in total. The minimum atomic E-state index is -0.455. The van der Waals surface area contributed by atoms with Gasteiger partial charge in [0.2, 0.25) is 0 Å². The number of hydrogen-bond acceptors (Lipinski definition) is 6. The third kappa shape index (κ3) is 7.36. The zero-order valence-corrected chi connectivity index (χ0v) is 21.1. The second-order valence-corrected chi connectivity index (χ2v) is 8.34. The normalized spacial score (nSPS) is 15.1. The topological polar surface area (TPSA) is 76.0 Å².